The minimum Gasteiger partial charge on any atom is -0.308 e. The summed E-state index contributed by atoms with van der Waals surface area (Å²) >= 11 is 0. The van der Waals surface area contributed by atoms with Crippen molar-refractivity contribution in [2.45, 2.75) is 25.2 Å². The Bertz CT molecular complexity index is 563. The van der Waals surface area contributed by atoms with Crippen LogP contribution in [0.25, 0.3) is 0 Å². The second-order valence-corrected chi connectivity index (χ2v) is 6.63. The summed E-state index contributed by atoms with van der Waals surface area (Å²) in [6, 6.07) is 4.90. The van der Waals surface area contributed by atoms with E-state index in [1.807, 2.05) is 19.9 Å². The van der Waals surface area contributed by atoms with E-state index in [1.54, 1.807) is 0 Å². The number of nitrogen functional groups attached to an aromatic ring is 1. The first kappa shape index (κ1) is 16.4. The Balaban J connectivity index is 3.04. The molecular weight excluding hydrogens is 278 g/mol. The molecule has 0 saturated heterocycles. The van der Waals surface area contributed by atoms with E-state index in [-0.39, 0.29) is 23.8 Å². The van der Waals surface area contributed by atoms with Crippen molar-refractivity contribution in [3.8, 4) is 6.07 Å². The molecule has 7 nitrogen and oxygen atoms in total. The summed E-state index contributed by atoms with van der Waals surface area (Å²) in [4.78, 5) is 3.99. The van der Waals surface area contributed by atoms with Crippen molar-refractivity contribution in [3.05, 3.63) is 18.3 Å². The van der Waals surface area contributed by atoms with Crippen LogP contribution in [-0.2, 0) is 10.0 Å². The second kappa shape index (κ2) is 7.19. The fraction of sp³-hybridized carbons (Fsp3) is 0.500. The van der Waals surface area contributed by atoms with Gasteiger partial charge in [-0.25, -0.2) is 19.2 Å². The zero-order valence-electron chi connectivity index (χ0n) is 11.6. The van der Waals surface area contributed by atoms with Crippen LogP contribution in [0.2, 0.25) is 0 Å². The molecule has 0 aliphatic heterocycles. The van der Waals surface area contributed by atoms with Gasteiger partial charge in [-0.2, -0.15) is 9.57 Å². The molecule has 0 aromatic carbocycles. The van der Waals surface area contributed by atoms with Crippen LogP contribution in [0.5, 0.6) is 0 Å². The Morgan fingerprint density at radius 2 is 2.20 bits per heavy atom. The second-order valence-electron chi connectivity index (χ2n) is 4.69. The molecule has 110 valence electrons. The molecule has 0 aliphatic carbocycles. The van der Waals surface area contributed by atoms with Crippen LogP contribution in [0.1, 0.15) is 20.3 Å². The molecule has 0 atom stereocenters. The number of nitriles is 1. The Morgan fingerprint density at radius 1 is 1.50 bits per heavy atom. The highest BCUT2D eigenvalue weighted by Crippen LogP contribution is 2.17. The lowest BCUT2D eigenvalue weighted by atomic mass is 10.2. The van der Waals surface area contributed by atoms with Crippen LogP contribution in [0.15, 0.2) is 23.2 Å². The number of aromatic nitrogens is 1. The van der Waals surface area contributed by atoms with Crippen LogP contribution >= 0.6 is 0 Å². The molecular formula is C12H19N5O2S. The van der Waals surface area contributed by atoms with Crippen molar-refractivity contribution < 1.29 is 8.42 Å². The first-order valence-electron chi connectivity index (χ1n) is 6.21. The molecule has 0 unspecified atom stereocenters. The van der Waals surface area contributed by atoms with Crippen molar-refractivity contribution >= 4 is 15.8 Å². The van der Waals surface area contributed by atoms with Crippen molar-refractivity contribution in [3.63, 3.8) is 0 Å². The summed E-state index contributed by atoms with van der Waals surface area (Å²) in [5, 5.41) is 8.65. The number of hydrogen-bond donors (Lipinski definition) is 2. The summed E-state index contributed by atoms with van der Waals surface area (Å²) in [5.41, 5.74) is 2.34. The molecule has 1 rings (SSSR count). The number of nitrogens with one attached hydrogen (secondary N) is 1. The molecule has 1 aromatic rings. The van der Waals surface area contributed by atoms with Gasteiger partial charge in [0.05, 0.1) is 6.07 Å². The minimum atomic E-state index is -3.64. The first-order valence-corrected chi connectivity index (χ1v) is 7.65. The number of nitrogens with two attached hydrogens (primary N) is 1. The smallest absolute Gasteiger partial charge is 0.244 e. The quantitative estimate of drug-likeness (QED) is 0.572. The van der Waals surface area contributed by atoms with Gasteiger partial charge in [0, 0.05) is 25.7 Å². The van der Waals surface area contributed by atoms with Crippen LogP contribution in [0.4, 0.5) is 5.82 Å². The number of hydrogen-bond acceptors (Lipinski definition) is 6. The van der Waals surface area contributed by atoms with E-state index in [9.17, 15) is 8.42 Å². The van der Waals surface area contributed by atoms with Crippen LogP contribution in [-0.4, -0.2) is 30.8 Å². The molecule has 1 heterocycles. The van der Waals surface area contributed by atoms with E-state index in [0.29, 0.717) is 12.4 Å². The maximum absolute atomic E-state index is 12.5. The van der Waals surface area contributed by atoms with E-state index in [2.05, 4.69) is 10.4 Å². The van der Waals surface area contributed by atoms with Gasteiger partial charge in [0.2, 0.25) is 10.0 Å². The molecule has 20 heavy (non-hydrogen) atoms. The molecule has 0 aliphatic rings. The number of sulfonamides is 1. The van der Waals surface area contributed by atoms with Gasteiger partial charge in [0.1, 0.15) is 10.7 Å². The van der Waals surface area contributed by atoms with Gasteiger partial charge in [-0.15, -0.1) is 0 Å². The molecule has 0 radical (unpaired) electrons. The molecule has 0 spiro atoms. The minimum absolute atomic E-state index is 0.0927. The summed E-state index contributed by atoms with van der Waals surface area (Å²) in [7, 11) is -3.64. The van der Waals surface area contributed by atoms with Crippen LogP contribution in [0.3, 0.4) is 0 Å². The monoisotopic (exact) mass is 297 g/mol. The fourth-order valence-electron chi connectivity index (χ4n) is 1.66. The molecule has 8 heteroatoms. The van der Waals surface area contributed by atoms with E-state index < -0.39 is 10.0 Å². The molecule has 0 amide bonds. The lowest BCUT2D eigenvalue weighted by molar-refractivity contribution is 0.373. The summed E-state index contributed by atoms with van der Waals surface area (Å²) in [6.07, 6.45) is 1.41. The highest BCUT2D eigenvalue weighted by Gasteiger charge is 2.25. The highest BCUT2D eigenvalue weighted by atomic mass is 32.2. The van der Waals surface area contributed by atoms with Gasteiger partial charge < -0.3 is 5.43 Å². The number of pyridine rings is 1. The first-order chi connectivity index (χ1) is 9.41. The third kappa shape index (κ3) is 4.16. The molecule has 1 aromatic heterocycles. The average molecular weight is 297 g/mol. The normalized spacial score (nSPS) is 11.6. The fourth-order valence-corrected chi connectivity index (χ4v) is 3.21. The number of nitrogens with zero attached hydrogens (tertiary/aromatic N) is 3. The zero-order valence-corrected chi connectivity index (χ0v) is 12.4. The van der Waals surface area contributed by atoms with Gasteiger partial charge in [0.15, 0.2) is 0 Å². The SMILES string of the molecule is CC(C)CN(CCC#N)S(=O)(=O)c1ccc(NN)nc1. The average Bonchev–Trinajstić information content (AvgIpc) is 2.43. The van der Waals surface area contributed by atoms with Crippen molar-refractivity contribution in [1.82, 2.24) is 9.29 Å². The van der Waals surface area contributed by atoms with E-state index in [0.717, 1.165) is 0 Å². The molecule has 0 fully saturated rings. The van der Waals surface area contributed by atoms with Gasteiger partial charge in [-0.05, 0) is 18.1 Å². The summed E-state index contributed by atoms with van der Waals surface area (Å²) in [6.45, 7) is 4.39. The Kier molecular flexibility index (Phi) is 5.88. The number of anilines is 1. The molecule has 3 N–H and O–H groups in total. The highest BCUT2D eigenvalue weighted by molar-refractivity contribution is 7.89. The standard InChI is InChI=1S/C12H19N5O2S/c1-10(2)9-17(7-3-6-13)20(18,19)11-4-5-12(16-14)15-8-11/h4-5,8,10H,3,7,9,14H2,1-2H3,(H,15,16). The maximum Gasteiger partial charge on any atom is 0.244 e. The third-order valence-corrected chi connectivity index (χ3v) is 4.41. The predicted octanol–water partition coefficient (Wildman–Crippen LogP) is 0.928. The van der Waals surface area contributed by atoms with Crippen LogP contribution < -0.4 is 11.3 Å². The third-order valence-electron chi connectivity index (χ3n) is 2.56. The van der Waals surface area contributed by atoms with Crippen LogP contribution in [0, 0.1) is 17.2 Å². The van der Waals surface area contributed by atoms with E-state index in [1.165, 1.54) is 22.6 Å². The van der Waals surface area contributed by atoms with Crippen molar-refractivity contribution in [1.29, 1.82) is 5.26 Å². The lowest BCUT2D eigenvalue weighted by Crippen LogP contribution is -2.35. The summed E-state index contributed by atoms with van der Waals surface area (Å²) in [5.74, 6) is 5.75. The maximum atomic E-state index is 12.5. The lowest BCUT2D eigenvalue weighted by Gasteiger charge is -2.22. The Labute approximate surface area is 119 Å². The summed E-state index contributed by atoms with van der Waals surface area (Å²) < 4.78 is 26.3. The van der Waals surface area contributed by atoms with Gasteiger partial charge >= 0.3 is 0 Å². The van der Waals surface area contributed by atoms with Gasteiger partial charge in [-0.3, -0.25) is 0 Å². The van der Waals surface area contributed by atoms with Gasteiger partial charge in [0.25, 0.3) is 0 Å². The largest absolute Gasteiger partial charge is 0.308 e. The van der Waals surface area contributed by atoms with Gasteiger partial charge in [-0.1, -0.05) is 13.8 Å². The van der Waals surface area contributed by atoms with Crippen molar-refractivity contribution in [2.75, 3.05) is 18.5 Å². The number of hydrazine groups is 1. The Hall–Kier alpha value is -1.69. The van der Waals surface area contributed by atoms with E-state index in [4.69, 9.17) is 11.1 Å². The zero-order chi connectivity index (χ0) is 15.2. The van der Waals surface area contributed by atoms with E-state index >= 15 is 0 Å². The predicted molar refractivity (Wildman–Crippen MR) is 75.9 cm³/mol. The Morgan fingerprint density at radius 3 is 2.65 bits per heavy atom. The molecule has 0 bridgehead atoms. The number of rotatable bonds is 7. The molecule has 0 saturated carbocycles. The topological polar surface area (TPSA) is 112 Å². The van der Waals surface area contributed by atoms with Crippen molar-refractivity contribution in [2.24, 2.45) is 11.8 Å².